The predicted molar refractivity (Wildman–Crippen MR) is 62.6 cm³/mol. The molecule has 0 aliphatic heterocycles. The van der Waals surface area contributed by atoms with E-state index in [0.717, 1.165) is 0 Å². The lowest BCUT2D eigenvalue weighted by atomic mass is 9.93. The Balaban J connectivity index is 2.51. The van der Waals surface area contributed by atoms with E-state index in [1.807, 2.05) is 11.4 Å². The van der Waals surface area contributed by atoms with Crippen LogP contribution in [0.15, 0.2) is 41.8 Å². The third-order valence-electron chi connectivity index (χ3n) is 2.35. The van der Waals surface area contributed by atoms with Crippen molar-refractivity contribution >= 4 is 11.3 Å². The topological polar surface area (TPSA) is 20.2 Å². The van der Waals surface area contributed by atoms with E-state index in [0.29, 0.717) is 10.4 Å². The van der Waals surface area contributed by atoms with Crippen molar-refractivity contribution < 1.29 is 9.50 Å². The molecule has 1 atom stereocenters. The van der Waals surface area contributed by atoms with Crippen LogP contribution in [0, 0.1) is 18.2 Å². The molecule has 1 unspecified atom stereocenters. The molecule has 0 bridgehead atoms. The Labute approximate surface area is 97.2 Å². The molecule has 1 N–H and O–H groups in total. The molecule has 0 amide bonds. The van der Waals surface area contributed by atoms with Gasteiger partial charge in [0.05, 0.1) is 4.88 Å². The summed E-state index contributed by atoms with van der Waals surface area (Å²) in [6, 6.07) is 9.13. The second-order valence-corrected chi connectivity index (χ2v) is 4.29. The van der Waals surface area contributed by atoms with Gasteiger partial charge in [-0.1, -0.05) is 24.1 Å². The Bertz CT molecular complexity index is 510. The van der Waals surface area contributed by atoms with Gasteiger partial charge in [0.2, 0.25) is 0 Å². The molecular weight excluding hydrogens is 223 g/mol. The minimum Gasteiger partial charge on any atom is -0.369 e. The summed E-state index contributed by atoms with van der Waals surface area (Å²) in [4.78, 5) is 0.654. The molecule has 0 spiro atoms. The van der Waals surface area contributed by atoms with E-state index in [1.54, 1.807) is 6.07 Å². The van der Waals surface area contributed by atoms with Gasteiger partial charge >= 0.3 is 0 Å². The first-order valence-electron chi connectivity index (χ1n) is 4.67. The number of terminal acetylenes is 1. The maximum Gasteiger partial charge on any atom is 0.185 e. The van der Waals surface area contributed by atoms with E-state index in [1.165, 1.54) is 35.6 Å². The first-order chi connectivity index (χ1) is 7.66. The smallest absolute Gasteiger partial charge is 0.185 e. The van der Waals surface area contributed by atoms with Crippen LogP contribution in [0.25, 0.3) is 0 Å². The molecule has 3 heteroatoms. The first kappa shape index (κ1) is 10.9. The molecule has 0 aliphatic rings. The Morgan fingerprint density at radius 3 is 2.44 bits per heavy atom. The fraction of sp³-hybridized carbons (Fsp3) is 0.0769. The summed E-state index contributed by atoms with van der Waals surface area (Å²) in [6.45, 7) is 0. The summed E-state index contributed by atoms with van der Waals surface area (Å²) in [5.74, 6) is 2.01. The van der Waals surface area contributed by atoms with Crippen molar-refractivity contribution in [3.05, 3.63) is 58.0 Å². The first-order valence-corrected chi connectivity index (χ1v) is 5.55. The number of aliphatic hydroxyl groups is 1. The van der Waals surface area contributed by atoms with Crippen LogP contribution < -0.4 is 0 Å². The lowest BCUT2D eigenvalue weighted by Crippen LogP contribution is -2.23. The molecule has 1 aromatic heterocycles. The zero-order valence-corrected chi connectivity index (χ0v) is 9.17. The van der Waals surface area contributed by atoms with E-state index in [9.17, 15) is 9.50 Å². The van der Waals surface area contributed by atoms with Crippen molar-refractivity contribution in [2.24, 2.45) is 0 Å². The quantitative estimate of drug-likeness (QED) is 0.789. The van der Waals surface area contributed by atoms with E-state index >= 15 is 0 Å². The van der Waals surface area contributed by atoms with Gasteiger partial charge in [-0.3, -0.25) is 0 Å². The van der Waals surface area contributed by atoms with Gasteiger partial charge < -0.3 is 5.11 Å². The monoisotopic (exact) mass is 232 g/mol. The Morgan fingerprint density at radius 1 is 1.25 bits per heavy atom. The lowest BCUT2D eigenvalue weighted by Gasteiger charge is -2.21. The largest absolute Gasteiger partial charge is 0.369 e. The van der Waals surface area contributed by atoms with Crippen molar-refractivity contribution in [3.8, 4) is 12.3 Å². The third-order valence-corrected chi connectivity index (χ3v) is 3.33. The predicted octanol–water partition coefficient (Wildman–Crippen LogP) is 2.76. The average molecular weight is 232 g/mol. The summed E-state index contributed by atoms with van der Waals surface area (Å²) in [5, 5.41) is 12.2. The highest BCUT2D eigenvalue weighted by atomic mass is 32.1. The van der Waals surface area contributed by atoms with Crippen molar-refractivity contribution in [1.29, 1.82) is 0 Å². The van der Waals surface area contributed by atoms with E-state index in [-0.39, 0.29) is 5.82 Å². The van der Waals surface area contributed by atoms with Crippen LogP contribution in [0.5, 0.6) is 0 Å². The Hall–Kier alpha value is -1.63. The number of benzene rings is 1. The highest BCUT2D eigenvalue weighted by Gasteiger charge is 2.30. The van der Waals surface area contributed by atoms with Crippen LogP contribution in [0.2, 0.25) is 0 Å². The van der Waals surface area contributed by atoms with Gasteiger partial charge in [0, 0.05) is 5.56 Å². The van der Waals surface area contributed by atoms with Gasteiger partial charge in [-0.25, -0.2) is 4.39 Å². The minimum absolute atomic E-state index is 0.352. The fourth-order valence-corrected chi connectivity index (χ4v) is 2.28. The highest BCUT2D eigenvalue weighted by molar-refractivity contribution is 7.10. The molecule has 0 saturated carbocycles. The molecule has 0 radical (unpaired) electrons. The second kappa shape index (κ2) is 4.09. The number of rotatable bonds is 2. The van der Waals surface area contributed by atoms with Gasteiger partial charge in [0.25, 0.3) is 0 Å². The van der Waals surface area contributed by atoms with Crippen LogP contribution >= 0.6 is 11.3 Å². The Kier molecular flexibility index (Phi) is 2.78. The van der Waals surface area contributed by atoms with Crippen LogP contribution in [-0.2, 0) is 5.60 Å². The lowest BCUT2D eigenvalue weighted by molar-refractivity contribution is 0.149. The Morgan fingerprint density at radius 2 is 1.94 bits per heavy atom. The summed E-state index contributed by atoms with van der Waals surface area (Å²) in [5.41, 5.74) is -0.971. The van der Waals surface area contributed by atoms with Crippen molar-refractivity contribution in [3.63, 3.8) is 0 Å². The van der Waals surface area contributed by atoms with E-state index in [2.05, 4.69) is 5.92 Å². The van der Waals surface area contributed by atoms with Crippen LogP contribution in [0.1, 0.15) is 10.4 Å². The van der Waals surface area contributed by atoms with Gasteiger partial charge in [-0.05, 0) is 23.6 Å². The number of halogens is 1. The maximum atomic E-state index is 12.8. The molecule has 1 nitrogen and oxygen atoms in total. The summed E-state index contributed by atoms with van der Waals surface area (Å²) in [7, 11) is 0. The number of hydrogen-bond donors (Lipinski definition) is 1. The van der Waals surface area contributed by atoms with Gasteiger partial charge in [-0.2, -0.15) is 0 Å². The molecule has 2 rings (SSSR count). The molecule has 16 heavy (non-hydrogen) atoms. The summed E-state index contributed by atoms with van der Waals surface area (Å²) in [6.07, 6.45) is 5.38. The number of hydrogen-bond acceptors (Lipinski definition) is 2. The minimum atomic E-state index is -1.47. The van der Waals surface area contributed by atoms with E-state index < -0.39 is 5.60 Å². The second-order valence-electron chi connectivity index (χ2n) is 3.34. The zero-order valence-electron chi connectivity index (χ0n) is 8.35. The molecule has 2 aromatic rings. The molecule has 1 heterocycles. The normalized spacial score (nSPS) is 14.1. The van der Waals surface area contributed by atoms with Crippen LogP contribution in [0.4, 0.5) is 4.39 Å². The van der Waals surface area contributed by atoms with Crippen molar-refractivity contribution in [2.75, 3.05) is 0 Å². The summed E-state index contributed by atoms with van der Waals surface area (Å²) < 4.78 is 12.8. The molecule has 0 saturated heterocycles. The average Bonchev–Trinajstić information content (AvgIpc) is 2.83. The molecular formula is C13H9FOS. The third kappa shape index (κ3) is 1.73. The molecule has 0 aliphatic carbocycles. The van der Waals surface area contributed by atoms with Gasteiger partial charge in [0.1, 0.15) is 5.82 Å². The van der Waals surface area contributed by atoms with Gasteiger partial charge in [0.15, 0.2) is 5.60 Å². The standard InChI is InChI=1S/C13H9FOS/c1-2-13(15,12-4-3-9-16-12)10-5-7-11(14)8-6-10/h1,3-9,15H. The highest BCUT2D eigenvalue weighted by Crippen LogP contribution is 2.32. The molecule has 1 aromatic carbocycles. The van der Waals surface area contributed by atoms with Crippen molar-refractivity contribution in [2.45, 2.75) is 5.60 Å². The van der Waals surface area contributed by atoms with E-state index in [4.69, 9.17) is 6.42 Å². The fourth-order valence-electron chi connectivity index (χ4n) is 1.47. The number of thiophene rings is 1. The molecule has 0 fully saturated rings. The SMILES string of the molecule is C#CC(O)(c1ccc(F)cc1)c1cccs1. The van der Waals surface area contributed by atoms with Crippen LogP contribution in [0.3, 0.4) is 0 Å². The van der Waals surface area contributed by atoms with Crippen molar-refractivity contribution in [1.82, 2.24) is 0 Å². The summed E-state index contributed by atoms with van der Waals surface area (Å²) >= 11 is 1.37. The molecule has 80 valence electrons. The zero-order chi connectivity index (χ0) is 11.6. The van der Waals surface area contributed by atoms with Gasteiger partial charge in [-0.15, -0.1) is 17.8 Å². The van der Waals surface area contributed by atoms with Crippen LogP contribution in [-0.4, -0.2) is 5.11 Å². The maximum absolute atomic E-state index is 12.8.